The molecule has 1 N–H and O–H groups in total. The number of hydrogen-bond donors (Lipinski definition) is 1. The Balaban J connectivity index is 1.60. The van der Waals surface area contributed by atoms with Crippen LogP contribution in [0.15, 0.2) is 34.9 Å². The maximum Gasteiger partial charge on any atom is 0.262 e. The van der Waals surface area contributed by atoms with Gasteiger partial charge in [0, 0.05) is 6.42 Å². The largest absolute Gasteiger partial charge is 0.485 e. The van der Waals surface area contributed by atoms with E-state index >= 15 is 0 Å². The number of nitrogens with one attached hydrogen (secondary N) is 1. The highest BCUT2D eigenvalue weighted by molar-refractivity contribution is 5.20. The van der Waals surface area contributed by atoms with Crippen molar-refractivity contribution < 1.29 is 18.0 Å². The molecule has 106 valence electrons. The predicted molar refractivity (Wildman–Crippen MR) is 65.4 cm³/mol. The standard InChI is InChI=1S/C13H13F2N3O2/c14-13(15)6-10(16-8-13)12-17-11(18-20-12)7-19-9-4-2-1-3-5-9/h1-5,10,16H,6-8H2. The second-order valence-electron chi connectivity index (χ2n) is 4.64. The van der Waals surface area contributed by atoms with Crippen LogP contribution < -0.4 is 10.1 Å². The number of ether oxygens (including phenoxy) is 1. The third-order valence-electron chi connectivity index (χ3n) is 3.00. The van der Waals surface area contributed by atoms with Crippen molar-refractivity contribution in [3.63, 3.8) is 0 Å². The third kappa shape index (κ3) is 2.93. The summed E-state index contributed by atoms with van der Waals surface area (Å²) >= 11 is 0. The van der Waals surface area contributed by atoms with Gasteiger partial charge in [-0.15, -0.1) is 0 Å². The molecule has 2 heterocycles. The highest BCUT2D eigenvalue weighted by Crippen LogP contribution is 2.33. The molecule has 1 aliphatic rings. The van der Waals surface area contributed by atoms with E-state index in [-0.39, 0.29) is 25.5 Å². The maximum atomic E-state index is 13.1. The summed E-state index contributed by atoms with van der Waals surface area (Å²) in [5.74, 6) is -1.53. The monoisotopic (exact) mass is 281 g/mol. The molecule has 20 heavy (non-hydrogen) atoms. The third-order valence-corrected chi connectivity index (χ3v) is 3.00. The van der Waals surface area contributed by atoms with E-state index in [0.717, 1.165) is 0 Å². The van der Waals surface area contributed by atoms with Crippen LogP contribution in [0, 0.1) is 0 Å². The Bertz CT molecular complexity index is 574. The molecule has 7 heteroatoms. The van der Waals surface area contributed by atoms with E-state index < -0.39 is 12.0 Å². The topological polar surface area (TPSA) is 60.2 Å². The fourth-order valence-corrected chi connectivity index (χ4v) is 2.02. The van der Waals surface area contributed by atoms with Gasteiger partial charge in [0.2, 0.25) is 11.7 Å². The SMILES string of the molecule is FC1(F)CNC(c2nc(COc3ccccc3)no2)C1. The van der Waals surface area contributed by atoms with Gasteiger partial charge in [0.25, 0.3) is 5.92 Å². The number of hydrogen-bond acceptors (Lipinski definition) is 5. The van der Waals surface area contributed by atoms with Gasteiger partial charge in [0.15, 0.2) is 6.61 Å². The lowest BCUT2D eigenvalue weighted by Gasteiger charge is -2.04. The fourth-order valence-electron chi connectivity index (χ4n) is 2.02. The molecule has 1 unspecified atom stereocenters. The minimum atomic E-state index is -2.72. The van der Waals surface area contributed by atoms with Crippen LogP contribution in [0.25, 0.3) is 0 Å². The number of alkyl halides is 2. The Morgan fingerprint density at radius 2 is 2.15 bits per heavy atom. The van der Waals surface area contributed by atoms with Gasteiger partial charge >= 0.3 is 0 Å². The number of benzene rings is 1. The molecular formula is C13H13F2N3O2. The fraction of sp³-hybridized carbons (Fsp3) is 0.385. The molecular weight excluding hydrogens is 268 g/mol. The van der Waals surface area contributed by atoms with Crippen molar-refractivity contribution >= 4 is 0 Å². The van der Waals surface area contributed by atoms with Crippen molar-refractivity contribution in [2.24, 2.45) is 0 Å². The molecule has 2 aromatic rings. The Morgan fingerprint density at radius 3 is 2.85 bits per heavy atom. The maximum absolute atomic E-state index is 13.1. The summed E-state index contributed by atoms with van der Waals surface area (Å²) in [6, 6.07) is 8.59. The van der Waals surface area contributed by atoms with E-state index in [2.05, 4.69) is 15.5 Å². The number of aromatic nitrogens is 2. The van der Waals surface area contributed by atoms with E-state index in [9.17, 15) is 8.78 Å². The first kappa shape index (κ1) is 13.0. The normalized spacial score (nSPS) is 21.0. The van der Waals surface area contributed by atoms with Gasteiger partial charge in [-0.25, -0.2) is 8.78 Å². The van der Waals surface area contributed by atoms with Crippen molar-refractivity contribution in [3.05, 3.63) is 42.0 Å². The van der Waals surface area contributed by atoms with E-state index in [4.69, 9.17) is 9.26 Å². The molecule has 0 saturated carbocycles. The molecule has 1 aliphatic heterocycles. The lowest BCUT2D eigenvalue weighted by molar-refractivity contribution is 0.0200. The van der Waals surface area contributed by atoms with Crippen LogP contribution in [-0.4, -0.2) is 22.6 Å². The second kappa shape index (κ2) is 5.16. The average Bonchev–Trinajstić information content (AvgIpc) is 3.04. The molecule has 0 radical (unpaired) electrons. The predicted octanol–water partition coefficient (Wildman–Crippen LogP) is 2.32. The smallest absolute Gasteiger partial charge is 0.262 e. The zero-order valence-electron chi connectivity index (χ0n) is 10.6. The second-order valence-corrected chi connectivity index (χ2v) is 4.64. The first-order chi connectivity index (χ1) is 9.62. The van der Waals surface area contributed by atoms with Gasteiger partial charge in [-0.3, -0.25) is 5.32 Å². The molecule has 1 aromatic heterocycles. The van der Waals surface area contributed by atoms with Gasteiger partial charge < -0.3 is 9.26 Å². The minimum absolute atomic E-state index is 0.136. The van der Waals surface area contributed by atoms with Crippen LogP contribution >= 0.6 is 0 Å². The minimum Gasteiger partial charge on any atom is -0.485 e. The Labute approximate surface area is 113 Å². The van der Waals surface area contributed by atoms with Gasteiger partial charge in [-0.05, 0) is 12.1 Å². The van der Waals surface area contributed by atoms with E-state index in [0.29, 0.717) is 11.6 Å². The summed E-state index contributed by atoms with van der Waals surface area (Å²) in [5.41, 5.74) is 0. The molecule has 1 aromatic carbocycles. The number of nitrogens with zero attached hydrogens (tertiary/aromatic N) is 2. The van der Waals surface area contributed by atoms with Crippen molar-refractivity contribution in [1.29, 1.82) is 0 Å². The molecule has 1 atom stereocenters. The number of para-hydroxylation sites is 1. The van der Waals surface area contributed by atoms with Gasteiger partial charge in [-0.1, -0.05) is 23.4 Å². The first-order valence-electron chi connectivity index (χ1n) is 6.24. The first-order valence-corrected chi connectivity index (χ1v) is 6.24. The number of halogens is 2. The lowest BCUT2D eigenvalue weighted by Crippen LogP contribution is -2.19. The summed E-state index contributed by atoms with van der Waals surface area (Å²) in [5, 5.41) is 6.39. The Hall–Kier alpha value is -2.02. The molecule has 5 nitrogen and oxygen atoms in total. The average molecular weight is 281 g/mol. The van der Waals surface area contributed by atoms with Crippen molar-refractivity contribution in [1.82, 2.24) is 15.5 Å². The van der Waals surface area contributed by atoms with E-state index in [1.165, 1.54) is 0 Å². The molecule has 0 aliphatic carbocycles. The van der Waals surface area contributed by atoms with Crippen molar-refractivity contribution in [2.45, 2.75) is 25.0 Å². The number of rotatable bonds is 4. The van der Waals surface area contributed by atoms with Crippen LogP contribution in [-0.2, 0) is 6.61 Å². The zero-order chi connectivity index (χ0) is 14.0. The zero-order valence-corrected chi connectivity index (χ0v) is 10.6. The molecule has 1 fully saturated rings. The highest BCUT2D eigenvalue weighted by Gasteiger charge is 2.42. The van der Waals surface area contributed by atoms with Crippen LogP contribution in [0.5, 0.6) is 5.75 Å². The van der Waals surface area contributed by atoms with Crippen LogP contribution in [0.3, 0.4) is 0 Å². The summed E-state index contributed by atoms with van der Waals surface area (Å²) < 4.78 is 36.6. The quantitative estimate of drug-likeness (QED) is 0.932. The van der Waals surface area contributed by atoms with Crippen LogP contribution in [0.2, 0.25) is 0 Å². The van der Waals surface area contributed by atoms with Crippen molar-refractivity contribution in [3.8, 4) is 5.75 Å². The summed E-state index contributed by atoms with van der Waals surface area (Å²) in [4.78, 5) is 4.07. The summed E-state index contributed by atoms with van der Waals surface area (Å²) in [6.07, 6.45) is -0.325. The lowest BCUT2D eigenvalue weighted by atomic mass is 10.2. The Morgan fingerprint density at radius 1 is 1.35 bits per heavy atom. The molecule has 0 spiro atoms. The van der Waals surface area contributed by atoms with Gasteiger partial charge in [-0.2, -0.15) is 4.98 Å². The molecule has 0 amide bonds. The van der Waals surface area contributed by atoms with Crippen molar-refractivity contribution in [2.75, 3.05) is 6.54 Å². The van der Waals surface area contributed by atoms with Gasteiger partial charge in [0.05, 0.1) is 12.6 Å². The van der Waals surface area contributed by atoms with E-state index in [1.807, 2.05) is 18.2 Å². The summed E-state index contributed by atoms with van der Waals surface area (Å²) in [7, 11) is 0. The van der Waals surface area contributed by atoms with Gasteiger partial charge in [0.1, 0.15) is 5.75 Å². The summed E-state index contributed by atoms with van der Waals surface area (Å²) in [6.45, 7) is -0.230. The van der Waals surface area contributed by atoms with Crippen LogP contribution in [0.1, 0.15) is 24.2 Å². The van der Waals surface area contributed by atoms with Crippen LogP contribution in [0.4, 0.5) is 8.78 Å². The van der Waals surface area contributed by atoms with E-state index in [1.54, 1.807) is 12.1 Å². The molecule has 3 rings (SSSR count). The Kier molecular flexibility index (Phi) is 3.35. The highest BCUT2D eigenvalue weighted by atomic mass is 19.3. The molecule has 0 bridgehead atoms. The molecule has 1 saturated heterocycles.